The SMILES string of the molecule is CC(=O)OCc1ccc(OC2CC(O)CC(C(=O)O)O2)c(NC(=O)CCNC(=O)CCOCCOCCOCCOCCNC(=O)CCN2C(=O)C=CC2=O)c1. The van der Waals surface area contributed by atoms with E-state index in [1.807, 2.05) is 0 Å². The predicted molar refractivity (Wildman–Crippen MR) is 192 cm³/mol. The summed E-state index contributed by atoms with van der Waals surface area (Å²) in [6.07, 6.45) is -1.09. The van der Waals surface area contributed by atoms with Crippen LogP contribution in [0.4, 0.5) is 5.69 Å². The number of aliphatic carboxylic acids is 1. The number of anilines is 1. The van der Waals surface area contributed by atoms with Crippen LogP contribution in [0.3, 0.4) is 0 Å². The number of aliphatic hydroxyl groups excluding tert-OH is 1. The molecule has 0 spiro atoms. The lowest BCUT2D eigenvalue weighted by atomic mass is 10.1. The first-order chi connectivity index (χ1) is 26.9. The highest BCUT2D eigenvalue weighted by molar-refractivity contribution is 6.13. The summed E-state index contributed by atoms with van der Waals surface area (Å²) in [4.78, 5) is 83.4. The van der Waals surface area contributed by atoms with Gasteiger partial charge in [0.2, 0.25) is 24.0 Å². The average Bonchev–Trinajstić information content (AvgIpc) is 3.47. The molecule has 20 nitrogen and oxygen atoms in total. The summed E-state index contributed by atoms with van der Waals surface area (Å²) in [7, 11) is 0. The number of carbonyl (C=O) groups is 7. The van der Waals surface area contributed by atoms with E-state index in [9.17, 15) is 43.8 Å². The van der Waals surface area contributed by atoms with E-state index in [-0.39, 0.29) is 101 Å². The number of carbonyl (C=O) groups excluding carboxylic acids is 6. The third kappa shape index (κ3) is 18.1. The van der Waals surface area contributed by atoms with E-state index in [0.717, 1.165) is 4.90 Å². The van der Waals surface area contributed by atoms with Crippen LogP contribution in [0, 0.1) is 0 Å². The molecule has 0 aromatic heterocycles. The minimum absolute atomic E-state index is 0.00672. The molecule has 3 unspecified atom stereocenters. The number of carboxylic acids is 1. The molecule has 0 radical (unpaired) electrons. The molecule has 2 aliphatic heterocycles. The predicted octanol–water partition coefficient (Wildman–Crippen LogP) is -0.588. The fourth-order valence-corrected chi connectivity index (χ4v) is 5.05. The van der Waals surface area contributed by atoms with Gasteiger partial charge in [0.1, 0.15) is 12.4 Å². The quantitative estimate of drug-likeness (QED) is 0.0423. The molecule has 5 amide bonds. The van der Waals surface area contributed by atoms with Gasteiger partial charge in [0.05, 0.1) is 64.6 Å². The van der Waals surface area contributed by atoms with Crippen LogP contribution in [0.2, 0.25) is 0 Å². The second kappa shape index (κ2) is 25.2. The van der Waals surface area contributed by atoms with Gasteiger partial charge in [-0.3, -0.25) is 33.7 Å². The number of nitrogens with one attached hydrogen (secondary N) is 3. The molecule has 20 heteroatoms. The topological polar surface area (TPSA) is 264 Å². The highest BCUT2D eigenvalue weighted by atomic mass is 16.7. The standard InChI is InChI=1S/C36H50N4O16/c1-24(41)54-23-25-2-3-28(55-35-22-26(42)21-29(56-35)36(48)49)27(20-25)39-32(45)6-9-37-31(44)8-12-50-14-16-52-18-19-53-17-15-51-13-10-38-30(43)7-11-40-33(46)4-5-34(40)47/h2-5,20,26,29,35,42H,6-19,21-23H2,1H3,(H,37,44)(H,38,43)(H,39,45)(H,48,49). The van der Waals surface area contributed by atoms with E-state index < -0.39 is 48.2 Å². The zero-order valence-electron chi connectivity index (χ0n) is 31.2. The third-order valence-electron chi connectivity index (χ3n) is 7.86. The number of nitrogens with zero attached hydrogens (tertiary/aromatic N) is 1. The second-order valence-corrected chi connectivity index (χ2v) is 12.4. The molecular weight excluding hydrogens is 744 g/mol. The largest absolute Gasteiger partial charge is 0.479 e. The number of carboxylic acid groups (broad SMARTS) is 1. The Bertz CT molecular complexity index is 1500. The van der Waals surface area contributed by atoms with Gasteiger partial charge < -0.3 is 59.3 Å². The Morgan fingerprint density at radius 2 is 1.39 bits per heavy atom. The monoisotopic (exact) mass is 794 g/mol. The summed E-state index contributed by atoms with van der Waals surface area (Å²) in [5.41, 5.74) is 0.728. The van der Waals surface area contributed by atoms with Crippen molar-refractivity contribution >= 4 is 47.2 Å². The third-order valence-corrected chi connectivity index (χ3v) is 7.86. The number of esters is 1. The van der Waals surface area contributed by atoms with Crippen LogP contribution in [0.5, 0.6) is 5.75 Å². The van der Waals surface area contributed by atoms with E-state index in [4.69, 9.17) is 33.2 Å². The van der Waals surface area contributed by atoms with Gasteiger partial charge in [0.25, 0.3) is 11.8 Å². The van der Waals surface area contributed by atoms with Crippen molar-refractivity contribution < 1.29 is 76.9 Å². The molecule has 5 N–H and O–H groups in total. The lowest BCUT2D eigenvalue weighted by molar-refractivity contribution is -0.195. The Kier molecular flexibility index (Phi) is 20.4. The van der Waals surface area contributed by atoms with Crippen LogP contribution in [0.25, 0.3) is 0 Å². The van der Waals surface area contributed by atoms with E-state index in [1.165, 1.54) is 31.2 Å². The van der Waals surface area contributed by atoms with E-state index in [2.05, 4.69) is 16.0 Å². The van der Waals surface area contributed by atoms with E-state index >= 15 is 0 Å². The zero-order valence-corrected chi connectivity index (χ0v) is 31.2. The lowest BCUT2D eigenvalue weighted by Gasteiger charge is -2.31. The number of aliphatic hydroxyl groups is 1. The van der Waals surface area contributed by atoms with Gasteiger partial charge in [-0.1, -0.05) is 6.07 Å². The Balaban J connectivity index is 1.19. The maximum Gasteiger partial charge on any atom is 0.333 e. The Labute approximate surface area is 323 Å². The molecule has 3 atom stereocenters. The van der Waals surface area contributed by atoms with Crippen LogP contribution < -0.4 is 20.7 Å². The van der Waals surface area contributed by atoms with Crippen LogP contribution in [0.15, 0.2) is 30.4 Å². The van der Waals surface area contributed by atoms with Crippen molar-refractivity contribution in [3.8, 4) is 5.75 Å². The van der Waals surface area contributed by atoms with Crippen molar-refractivity contribution in [1.82, 2.24) is 15.5 Å². The normalized spacial score (nSPS) is 17.8. The van der Waals surface area contributed by atoms with Gasteiger partial charge in [-0.25, -0.2) is 4.79 Å². The summed E-state index contributed by atoms with van der Waals surface area (Å²) < 4.78 is 37.9. The van der Waals surface area contributed by atoms with Crippen molar-refractivity contribution in [2.75, 3.05) is 77.8 Å². The van der Waals surface area contributed by atoms with Crippen molar-refractivity contribution in [1.29, 1.82) is 0 Å². The molecule has 0 aliphatic carbocycles. The molecule has 0 bridgehead atoms. The highest BCUT2D eigenvalue weighted by Gasteiger charge is 2.34. The molecule has 56 heavy (non-hydrogen) atoms. The highest BCUT2D eigenvalue weighted by Crippen LogP contribution is 2.31. The zero-order chi connectivity index (χ0) is 40.7. The van der Waals surface area contributed by atoms with E-state index in [1.54, 1.807) is 6.07 Å². The van der Waals surface area contributed by atoms with Crippen LogP contribution in [-0.4, -0.2) is 148 Å². The maximum atomic E-state index is 12.8. The van der Waals surface area contributed by atoms with Crippen molar-refractivity contribution in [3.05, 3.63) is 35.9 Å². The molecule has 2 aliphatic rings. The maximum absolute atomic E-state index is 12.8. The fraction of sp³-hybridized carbons (Fsp3) is 0.583. The number of amides is 5. The molecule has 2 heterocycles. The first kappa shape index (κ1) is 45.4. The van der Waals surface area contributed by atoms with E-state index in [0.29, 0.717) is 38.6 Å². The molecule has 3 rings (SSSR count). The number of imide groups is 1. The number of hydrogen-bond acceptors (Lipinski definition) is 15. The molecule has 1 fully saturated rings. The van der Waals surface area contributed by atoms with Gasteiger partial charge in [-0.05, 0) is 17.7 Å². The van der Waals surface area contributed by atoms with Crippen LogP contribution >= 0.6 is 0 Å². The minimum Gasteiger partial charge on any atom is -0.479 e. The van der Waals surface area contributed by atoms with Gasteiger partial charge >= 0.3 is 11.9 Å². The van der Waals surface area contributed by atoms with Crippen molar-refractivity contribution in [2.24, 2.45) is 0 Å². The number of ether oxygens (including phenoxy) is 7. The Morgan fingerprint density at radius 1 is 0.786 bits per heavy atom. The summed E-state index contributed by atoms with van der Waals surface area (Å²) in [5.74, 6) is -3.54. The van der Waals surface area contributed by atoms with Crippen LogP contribution in [-0.2, 0) is 68.6 Å². The first-order valence-electron chi connectivity index (χ1n) is 18.1. The minimum atomic E-state index is -1.26. The van der Waals surface area contributed by atoms with Gasteiger partial charge in [0.15, 0.2) is 6.10 Å². The summed E-state index contributed by atoms with van der Waals surface area (Å²) in [5, 5.41) is 27.4. The second-order valence-electron chi connectivity index (χ2n) is 12.4. The molecule has 1 aromatic carbocycles. The number of hydrogen-bond donors (Lipinski definition) is 5. The average molecular weight is 795 g/mol. The Morgan fingerprint density at radius 3 is 2.04 bits per heavy atom. The van der Waals surface area contributed by atoms with Crippen molar-refractivity contribution in [2.45, 2.75) is 64.1 Å². The van der Waals surface area contributed by atoms with Gasteiger partial charge in [0, 0.05) is 70.8 Å². The number of rotatable bonds is 27. The summed E-state index contributed by atoms with van der Waals surface area (Å²) >= 11 is 0. The summed E-state index contributed by atoms with van der Waals surface area (Å²) in [6.45, 7) is 3.79. The van der Waals surface area contributed by atoms with Gasteiger partial charge in [-0.15, -0.1) is 0 Å². The van der Waals surface area contributed by atoms with Crippen molar-refractivity contribution in [3.63, 3.8) is 0 Å². The Hall–Kier alpha value is -4.99. The van der Waals surface area contributed by atoms with Crippen LogP contribution in [0.1, 0.15) is 44.6 Å². The number of benzene rings is 1. The first-order valence-corrected chi connectivity index (χ1v) is 18.1. The molecule has 1 aromatic rings. The molecule has 1 saturated heterocycles. The smallest absolute Gasteiger partial charge is 0.333 e. The molecule has 0 saturated carbocycles. The van der Waals surface area contributed by atoms with Gasteiger partial charge in [-0.2, -0.15) is 0 Å². The molecular formula is C36H50N4O16. The molecule has 310 valence electrons. The lowest BCUT2D eigenvalue weighted by Crippen LogP contribution is -2.42. The fourth-order valence-electron chi connectivity index (χ4n) is 5.05. The summed E-state index contributed by atoms with van der Waals surface area (Å²) in [6, 6.07) is 4.61.